The number of carbonyl (C=O) groups excluding carboxylic acids is 3. The molecule has 0 unspecified atom stereocenters. The van der Waals surface area contributed by atoms with Crippen molar-refractivity contribution in [2.75, 3.05) is 19.0 Å². The van der Waals surface area contributed by atoms with Crippen molar-refractivity contribution >= 4 is 44.1 Å². The maximum atomic E-state index is 12.1. The lowest BCUT2D eigenvalue weighted by molar-refractivity contribution is -0.116. The number of thiophene rings is 1. The van der Waals surface area contributed by atoms with Crippen molar-refractivity contribution < 1.29 is 32.0 Å². The largest absolute Gasteiger partial charge is 0.465 e. The molecule has 12 heteroatoms. The number of hydrogen-bond acceptors (Lipinski definition) is 8. The van der Waals surface area contributed by atoms with E-state index in [-0.39, 0.29) is 11.3 Å². The molecule has 0 aliphatic rings. The van der Waals surface area contributed by atoms with Crippen LogP contribution in [-0.4, -0.2) is 39.9 Å². The summed E-state index contributed by atoms with van der Waals surface area (Å²) in [6.45, 7) is -0.601. The molecule has 0 radical (unpaired) electrons. The molecular weight excluding hydrogens is 374 g/mol. The third-order valence-electron chi connectivity index (χ3n) is 2.76. The van der Waals surface area contributed by atoms with Crippen LogP contribution in [0.25, 0.3) is 0 Å². The number of esters is 1. The Labute approximate surface area is 146 Å². The van der Waals surface area contributed by atoms with Crippen LogP contribution >= 0.6 is 11.3 Å². The van der Waals surface area contributed by atoms with Crippen LogP contribution in [0, 0.1) is 0 Å². The third-order valence-corrected chi connectivity index (χ3v) is 4.88. The zero-order valence-electron chi connectivity index (χ0n) is 12.8. The first-order valence-electron chi connectivity index (χ1n) is 6.59. The van der Waals surface area contributed by atoms with Gasteiger partial charge in [0.1, 0.15) is 0 Å². The smallest absolute Gasteiger partial charge is 0.338 e. The van der Waals surface area contributed by atoms with Crippen molar-refractivity contribution in [3.8, 4) is 0 Å². The van der Waals surface area contributed by atoms with Crippen molar-refractivity contribution in [3.05, 3.63) is 34.9 Å². The number of ether oxygens (including phenoxy) is 1. The molecule has 25 heavy (non-hydrogen) atoms. The van der Waals surface area contributed by atoms with Crippen LogP contribution in [-0.2, 0) is 19.6 Å². The van der Waals surface area contributed by atoms with E-state index < -0.39 is 39.4 Å². The molecule has 2 rings (SSSR count). The maximum Gasteiger partial charge on any atom is 0.338 e. The van der Waals surface area contributed by atoms with Gasteiger partial charge >= 0.3 is 5.97 Å². The minimum atomic E-state index is -4.11. The number of hydrogen-bond donors (Lipinski definition) is 3. The van der Waals surface area contributed by atoms with Crippen LogP contribution in [0.2, 0.25) is 0 Å². The summed E-state index contributed by atoms with van der Waals surface area (Å²) in [5.74, 6) is -2.40. The molecule has 0 atom stereocenters. The molecule has 2 aromatic rings. The SMILES string of the molecule is COC(=O)c1csc(NC(=O)c2ccc(S(=O)(=O)NCC(N)=O)o2)c1. The molecule has 0 aromatic carbocycles. The highest BCUT2D eigenvalue weighted by molar-refractivity contribution is 7.89. The van der Waals surface area contributed by atoms with Crippen molar-refractivity contribution in [1.29, 1.82) is 0 Å². The van der Waals surface area contributed by atoms with Crippen LogP contribution in [0.15, 0.2) is 33.1 Å². The zero-order chi connectivity index (χ0) is 18.6. The summed E-state index contributed by atoms with van der Waals surface area (Å²) in [4.78, 5) is 34.1. The molecule has 0 saturated carbocycles. The highest BCUT2D eigenvalue weighted by atomic mass is 32.2. The maximum absolute atomic E-state index is 12.1. The van der Waals surface area contributed by atoms with Crippen molar-refractivity contribution in [3.63, 3.8) is 0 Å². The van der Waals surface area contributed by atoms with E-state index in [4.69, 9.17) is 10.2 Å². The fourth-order valence-corrected chi connectivity index (χ4v) is 3.31. The Balaban J connectivity index is 2.08. The Kier molecular flexibility index (Phi) is 5.56. The number of amides is 2. The third kappa shape index (κ3) is 4.65. The van der Waals surface area contributed by atoms with Gasteiger partial charge in [-0.25, -0.2) is 13.2 Å². The lowest BCUT2D eigenvalue weighted by Gasteiger charge is -2.01. The molecule has 134 valence electrons. The van der Waals surface area contributed by atoms with Gasteiger partial charge in [0, 0.05) is 5.38 Å². The van der Waals surface area contributed by atoms with E-state index in [1.54, 1.807) is 0 Å². The predicted molar refractivity (Wildman–Crippen MR) is 86.7 cm³/mol. The Morgan fingerprint density at radius 2 is 2.04 bits per heavy atom. The normalized spacial score (nSPS) is 11.1. The molecule has 0 spiro atoms. The fraction of sp³-hybridized carbons (Fsp3) is 0.154. The van der Waals surface area contributed by atoms with Crippen LogP contribution in [0.5, 0.6) is 0 Å². The second kappa shape index (κ2) is 7.46. The Morgan fingerprint density at radius 3 is 2.68 bits per heavy atom. The Hall–Kier alpha value is -2.70. The number of rotatable bonds is 7. The van der Waals surface area contributed by atoms with Gasteiger partial charge in [0.25, 0.3) is 15.9 Å². The van der Waals surface area contributed by atoms with Crippen molar-refractivity contribution in [2.45, 2.75) is 5.09 Å². The van der Waals surface area contributed by atoms with Gasteiger partial charge in [-0.1, -0.05) is 0 Å². The van der Waals surface area contributed by atoms with Gasteiger partial charge in [0.2, 0.25) is 11.0 Å². The number of methoxy groups -OCH3 is 1. The summed E-state index contributed by atoms with van der Waals surface area (Å²) < 4.78 is 35.2. The number of sulfonamides is 1. The molecule has 0 bridgehead atoms. The average molecular weight is 387 g/mol. The average Bonchev–Trinajstić information content (AvgIpc) is 3.22. The molecule has 0 fully saturated rings. The molecule has 0 aliphatic carbocycles. The molecule has 0 aliphatic heterocycles. The number of primary amides is 1. The van der Waals surface area contributed by atoms with Gasteiger partial charge in [-0.05, 0) is 18.2 Å². The quantitative estimate of drug-likeness (QED) is 0.570. The van der Waals surface area contributed by atoms with E-state index in [9.17, 15) is 22.8 Å². The van der Waals surface area contributed by atoms with Crippen LogP contribution in [0.3, 0.4) is 0 Å². The lowest BCUT2D eigenvalue weighted by Crippen LogP contribution is -2.33. The Bertz CT molecular complexity index is 914. The van der Waals surface area contributed by atoms with Gasteiger partial charge in [-0.15, -0.1) is 11.3 Å². The predicted octanol–water partition coefficient (Wildman–Crippen LogP) is 0.144. The summed E-state index contributed by atoms with van der Waals surface area (Å²) in [7, 11) is -2.88. The summed E-state index contributed by atoms with van der Waals surface area (Å²) in [5, 5.41) is 3.76. The van der Waals surface area contributed by atoms with E-state index in [1.165, 1.54) is 18.6 Å². The van der Waals surface area contributed by atoms with Gasteiger partial charge in [-0.3, -0.25) is 9.59 Å². The fourth-order valence-electron chi connectivity index (χ4n) is 1.62. The van der Waals surface area contributed by atoms with Gasteiger partial charge in [0.15, 0.2) is 5.76 Å². The molecule has 2 heterocycles. The molecule has 2 amide bonds. The van der Waals surface area contributed by atoms with Crippen molar-refractivity contribution in [2.24, 2.45) is 5.73 Å². The van der Waals surface area contributed by atoms with E-state index in [0.717, 1.165) is 23.5 Å². The topological polar surface area (TPSA) is 158 Å². The second-order valence-corrected chi connectivity index (χ2v) is 7.16. The number of nitrogens with one attached hydrogen (secondary N) is 2. The monoisotopic (exact) mass is 387 g/mol. The van der Waals surface area contributed by atoms with Gasteiger partial charge in [-0.2, -0.15) is 4.72 Å². The minimum Gasteiger partial charge on any atom is -0.465 e. The van der Waals surface area contributed by atoms with Crippen molar-refractivity contribution in [1.82, 2.24) is 4.72 Å². The van der Waals surface area contributed by atoms with E-state index in [0.29, 0.717) is 5.00 Å². The van der Waals surface area contributed by atoms with Gasteiger partial charge < -0.3 is 20.2 Å². The molecule has 0 saturated heterocycles. The summed E-state index contributed by atoms with van der Waals surface area (Å²) in [6.07, 6.45) is 0. The van der Waals surface area contributed by atoms with Gasteiger partial charge in [0.05, 0.1) is 24.2 Å². The van der Waals surface area contributed by atoms with Crippen LogP contribution in [0.1, 0.15) is 20.9 Å². The zero-order valence-corrected chi connectivity index (χ0v) is 14.4. The Morgan fingerprint density at radius 1 is 1.32 bits per heavy atom. The summed E-state index contributed by atoms with van der Waals surface area (Å²) in [6, 6.07) is 3.62. The van der Waals surface area contributed by atoms with E-state index in [2.05, 4.69) is 10.1 Å². The molecule has 10 nitrogen and oxygen atoms in total. The highest BCUT2D eigenvalue weighted by Crippen LogP contribution is 2.22. The first-order valence-corrected chi connectivity index (χ1v) is 8.95. The number of carbonyl (C=O) groups is 3. The van der Waals surface area contributed by atoms with Crippen LogP contribution in [0.4, 0.5) is 5.00 Å². The number of anilines is 1. The van der Waals surface area contributed by atoms with E-state index in [1.807, 2.05) is 4.72 Å². The molecular formula is C13H13N3O7S2. The molecule has 2 aromatic heterocycles. The first-order chi connectivity index (χ1) is 11.7. The molecule has 4 N–H and O–H groups in total. The summed E-state index contributed by atoms with van der Waals surface area (Å²) >= 11 is 1.08. The lowest BCUT2D eigenvalue weighted by atomic mass is 10.3. The highest BCUT2D eigenvalue weighted by Gasteiger charge is 2.22. The van der Waals surface area contributed by atoms with Crippen LogP contribution < -0.4 is 15.8 Å². The number of furan rings is 1. The second-order valence-electron chi connectivity index (χ2n) is 4.55. The number of nitrogens with two attached hydrogens (primary N) is 1. The minimum absolute atomic E-state index is 0.265. The standard InChI is InChI=1S/C13H13N3O7S2/c1-22-13(19)7-4-10(24-6-7)16-12(18)8-2-3-11(23-8)25(20,21)15-5-9(14)17/h2-4,6,15H,5H2,1H3,(H2,14,17)(H,16,18). The summed E-state index contributed by atoms with van der Waals surface area (Å²) in [5.41, 5.74) is 5.12. The van der Waals surface area contributed by atoms with E-state index >= 15 is 0 Å². The first kappa shape index (κ1) is 18.6.